The van der Waals surface area contributed by atoms with Gasteiger partial charge in [-0.15, -0.1) is 0 Å². The summed E-state index contributed by atoms with van der Waals surface area (Å²) in [6.45, 7) is 3.77. The maximum absolute atomic E-state index is 11.1. The number of fused-ring (bicyclic) bond motifs is 1. The number of ether oxygens (including phenoxy) is 2. The molecule has 0 aliphatic rings. The highest BCUT2D eigenvalue weighted by atomic mass is 16.5. The van der Waals surface area contributed by atoms with E-state index in [-0.39, 0.29) is 12.1 Å². The summed E-state index contributed by atoms with van der Waals surface area (Å²) in [5.41, 5.74) is 2.93. The van der Waals surface area contributed by atoms with Crippen LogP contribution >= 0.6 is 0 Å². The number of hydrogen-bond acceptors (Lipinski definition) is 3. The molecule has 3 rings (SSSR count). The average Bonchev–Trinajstić information content (AvgIpc) is 2.98. The van der Waals surface area contributed by atoms with Crippen molar-refractivity contribution in [1.29, 1.82) is 0 Å². The Hall–Kier alpha value is -2.75. The molecular weight excluding hydrogens is 290 g/mol. The molecule has 0 amide bonds. The molecule has 1 heterocycles. The van der Waals surface area contributed by atoms with E-state index in [1.807, 2.05) is 61.5 Å². The third-order valence-electron chi connectivity index (χ3n) is 3.66. The van der Waals surface area contributed by atoms with Crippen LogP contribution < -0.4 is 4.74 Å². The Labute approximate surface area is 135 Å². The van der Waals surface area contributed by atoms with E-state index in [9.17, 15) is 4.79 Å². The fraction of sp³-hybridized carbons (Fsp3) is 0.211. The lowest BCUT2D eigenvalue weighted by Crippen LogP contribution is -2.04. The molecule has 4 nitrogen and oxygen atoms in total. The lowest BCUT2D eigenvalue weighted by molar-refractivity contribution is -0.145. The molecule has 0 spiro atoms. The van der Waals surface area contributed by atoms with Crippen LogP contribution in [0.4, 0.5) is 0 Å². The van der Waals surface area contributed by atoms with Crippen LogP contribution in [-0.2, 0) is 16.1 Å². The summed E-state index contributed by atoms with van der Waals surface area (Å²) in [5, 5.41) is 0.984. The van der Waals surface area contributed by atoms with Gasteiger partial charge in [0.05, 0.1) is 5.69 Å². The fourth-order valence-corrected chi connectivity index (χ4v) is 2.54. The molecule has 2 aromatic carbocycles. The van der Waals surface area contributed by atoms with E-state index in [1.165, 1.54) is 6.92 Å². The number of carbonyl (C=O) groups is 1. The number of esters is 1. The lowest BCUT2D eigenvalue weighted by Gasteiger charge is -2.09. The summed E-state index contributed by atoms with van der Waals surface area (Å²) in [5.74, 6) is 0.514. The average molecular weight is 309 g/mol. The number of hydrogen-bond donors (Lipinski definition) is 1. The molecule has 0 aliphatic heterocycles. The second kappa shape index (κ2) is 6.57. The molecule has 1 unspecified atom stereocenters. The summed E-state index contributed by atoms with van der Waals surface area (Å²) >= 11 is 0. The van der Waals surface area contributed by atoms with Crippen LogP contribution in [0.2, 0.25) is 0 Å². The second-order valence-electron chi connectivity index (χ2n) is 5.47. The number of H-pyrrole nitrogens is 1. The number of aromatic nitrogens is 1. The Morgan fingerprint density at radius 3 is 2.65 bits per heavy atom. The van der Waals surface area contributed by atoms with Gasteiger partial charge in [0.2, 0.25) is 0 Å². The van der Waals surface area contributed by atoms with E-state index in [2.05, 4.69) is 4.98 Å². The summed E-state index contributed by atoms with van der Waals surface area (Å²) in [4.78, 5) is 14.4. The van der Waals surface area contributed by atoms with Crippen LogP contribution in [-0.4, -0.2) is 11.0 Å². The predicted molar refractivity (Wildman–Crippen MR) is 89.3 cm³/mol. The normalized spacial score (nSPS) is 12.1. The Bertz CT molecular complexity index is 808. The highest BCUT2D eigenvalue weighted by Crippen LogP contribution is 2.30. The van der Waals surface area contributed by atoms with E-state index in [4.69, 9.17) is 9.47 Å². The summed E-state index contributed by atoms with van der Waals surface area (Å²) in [6, 6.07) is 17.9. The van der Waals surface area contributed by atoms with Gasteiger partial charge in [-0.3, -0.25) is 4.79 Å². The number of rotatable bonds is 5. The largest absolute Gasteiger partial charge is 0.488 e. The Morgan fingerprint density at radius 2 is 1.91 bits per heavy atom. The summed E-state index contributed by atoms with van der Waals surface area (Å²) < 4.78 is 11.2. The zero-order valence-electron chi connectivity index (χ0n) is 13.2. The molecule has 0 saturated carbocycles. The van der Waals surface area contributed by atoms with Crippen LogP contribution in [0.15, 0.2) is 54.6 Å². The smallest absolute Gasteiger partial charge is 0.303 e. The molecule has 3 aromatic rings. The van der Waals surface area contributed by atoms with Crippen molar-refractivity contribution in [3.63, 3.8) is 0 Å². The van der Waals surface area contributed by atoms with Crippen LogP contribution in [0, 0.1) is 0 Å². The van der Waals surface area contributed by atoms with E-state index in [0.29, 0.717) is 6.61 Å². The van der Waals surface area contributed by atoms with Gasteiger partial charge < -0.3 is 14.5 Å². The first kappa shape index (κ1) is 15.2. The van der Waals surface area contributed by atoms with Gasteiger partial charge in [0, 0.05) is 17.8 Å². The molecule has 0 saturated heterocycles. The first-order valence-corrected chi connectivity index (χ1v) is 7.59. The highest BCUT2D eigenvalue weighted by Gasteiger charge is 2.13. The topological polar surface area (TPSA) is 51.3 Å². The first-order chi connectivity index (χ1) is 11.1. The van der Waals surface area contributed by atoms with E-state index in [1.54, 1.807) is 0 Å². The SMILES string of the molecule is CC(=O)OC(C)c1cc2c(OCc3ccccc3)cccc2[nH]1. The molecular formula is C19H19NO3. The third kappa shape index (κ3) is 3.54. The Kier molecular flexibility index (Phi) is 4.33. The Balaban J connectivity index is 1.83. The fourth-order valence-electron chi connectivity index (χ4n) is 2.54. The molecule has 0 fully saturated rings. The van der Waals surface area contributed by atoms with Gasteiger partial charge in [-0.05, 0) is 30.7 Å². The molecule has 23 heavy (non-hydrogen) atoms. The van der Waals surface area contributed by atoms with Crippen molar-refractivity contribution in [2.75, 3.05) is 0 Å². The number of carbonyl (C=O) groups excluding carboxylic acids is 1. The Morgan fingerprint density at radius 1 is 1.13 bits per heavy atom. The number of nitrogens with one attached hydrogen (secondary N) is 1. The summed E-state index contributed by atoms with van der Waals surface area (Å²) in [7, 11) is 0. The first-order valence-electron chi connectivity index (χ1n) is 7.59. The zero-order chi connectivity index (χ0) is 16.2. The minimum absolute atomic E-state index is 0.295. The maximum atomic E-state index is 11.1. The van der Waals surface area contributed by atoms with Crippen molar-refractivity contribution < 1.29 is 14.3 Å². The standard InChI is InChI=1S/C19H19NO3/c1-13(23-14(2)21)18-11-16-17(20-18)9-6-10-19(16)22-12-15-7-4-3-5-8-15/h3-11,13,20H,12H2,1-2H3. The van der Waals surface area contributed by atoms with Gasteiger partial charge in [-0.2, -0.15) is 0 Å². The number of aromatic amines is 1. The van der Waals surface area contributed by atoms with Gasteiger partial charge >= 0.3 is 5.97 Å². The van der Waals surface area contributed by atoms with Crippen LogP contribution in [0.25, 0.3) is 10.9 Å². The van der Waals surface area contributed by atoms with Crippen molar-refractivity contribution in [3.8, 4) is 5.75 Å². The van der Waals surface area contributed by atoms with E-state index >= 15 is 0 Å². The highest BCUT2D eigenvalue weighted by molar-refractivity contribution is 5.86. The van der Waals surface area contributed by atoms with Crippen molar-refractivity contribution >= 4 is 16.9 Å². The minimum Gasteiger partial charge on any atom is -0.488 e. The monoisotopic (exact) mass is 309 g/mol. The van der Waals surface area contributed by atoms with Gasteiger partial charge in [0.1, 0.15) is 18.5 Å². The van der Waals surface area contributed by atoms with Gasteiger partial charge in [-0.1, -0.05) is 36.4 Å². The molecule has 0 aliphatic carbocycles. The van der Waals surface area contributed by atoms with Crippen LogP contribution in [0.1, 0.15) is 31.2 Å². The molecule has 1 aromatic heterocycles. The molecule has 4 heteroatoms. The van der Waals surface area contributed by atoms with E-state index < -0.39 is 0 Å². The minimum atomic E-state index is -0.318. The molecule has 0 bridgehead atoms. The molecule has 118 valence electrons. The van der Waals surface area contributed by atoms with E-state index in [0.717, 1.165) is 27.9 Å². The van der Waals surface area contributed by atoms with Gasteiger partial charge in [0.15, 0.2) is 0 Å². The third-order valence-corrected chi connectivity index (χ3v) is 3.66. The molecule has 0 radical (unpaired) electrons. The lowest BCUT2D eigenvalue weighted by atomic mass is 10.2. The molecule has 1 N–H and O–H groups in total. The van der Waals surface area contributed by atoms with Crippen LogP contribution in [0.5, 0.6) is 5.75 Å². The van der Waals surface area contributed by atoms with Gasteiger partial charge in [0.25, 0.3) is 0 Å². The number of benzene rings is 2. The predicted octanol–water partition coefficient (Wildman–Crippen LogP) is 4.37. The van der Waals surface area contributed by atoms with Crippen molar-refractivity contribution in [2.24, 2.45) is 0 Å². The van der Waals surface area contributed by atoms with Crippen molar-refractivity contribution in [1.82, 2.24) is 4.98 Å². The molecule has 1 atom stereocenters. The van der Waals surface area contributed by atoms with Crippen LogP contribution in [0.3, 0.4) is 0 Å². The van der Waals surface area contributed by atoms with Crippen molar-refractivity contribution in [2.45, 2.75) is 26.6 Å². The second-order valence-corrected chi connectivity index (χ2v) is 5.47. The maximum Gasteiger partial charge on any atom is 0.303 e. The van der Waals surface area contributed by atoms with Gasteiger partial charge in [-0.25, -0.2) is 0 Å². The van der Waals surface area contributed by atoms with Crippen molar-refractivity contribution in [3.05, 3.63) is 65.9 Å². The quantitative estimate of drug-likeness (QED) is 0.712. The zero-order valence-corrected chi connectivity index (χ0v) is 13.2. The summed E-state index contributed by atoms with van der Waals surface area (Å²) in [6.07, 6.45) is -0.318.